The molecule has 0 amide bonds. The molecule has 0 spiro atoms. The summed E-state index contributed by atoms with van der Waals surface area (Å²) >= 11 is 0. The van der Waals surface area contributed by atoms with Crippen molar-refractivity contribution in [2.75, 3.05) is 0 Å². The molecule has 2 nitrogen and oxygen atoms in total. The number of hydrogen-bond acceptors (Lipinski definition) is 2. The maximum absolute atomic E-state index is 13.9. The van der Waals surface area contributed by atoms with Crippen LogP contribution in [-0.2, 0) is 14.9 Å². The molecule has 27 heavy (non-hydrogen) atoms. The van der Waals surface area contributed by atoms with Crippen LogP contribution < -0.4 is 0 Å². The van der Waals surface area contributed by atoms with E-state index < -0.39 is 28.5 Å². The fourth-order valence-electron chi connectivity index (χ4n) is 4.95. The number of carbonyl (C=O) groups is 1. The van der Waals surface area contributed by atoms with Gasteiger partial charge in [0, 0.05) is 0 Å². The number of hydrogen-bond donors (Lipinski definition) is 0. The smallest absolute Gasteiger partial charge is 0.317 e. The van der Waals surface area contributed by atoms with Crippen molar-refractivity contribution in [3.8, 4) is 0 Å². The van der Waals surface area contributed by atoms with Gasteiger partial charge in [0.1, 0.15) is 5.60 Å². The molecule has 0 N–H and O–H groups in total. The van der Waals surface area contributed by atoms with Crippen molar-refractivity contribution in [3.63, 3.8) is 0 Å². The Morgan fingerprint density at radius 3 is 1.96 bits per heavy atom. The van der Waals surface area contributed by atoms with Gasteiger partial charge in [-0.25, -0.2) is 13.2 Å². The second-order valence-corrected chi connectivity index (χ2v) is 8.28. The Hall–Kier alpha value is -1.52. The second-order valence-electron chi connectivity index (χ2n) is 8.28. The summed E-state index contributed by atoms with van der Waals surface area (Å²) in [4.78, 5) is 13.4. The molecule has 0 unspecified atom stereocenters. The minimum absolute atomic E-state index is 0.214. The zero-order valence-corrected chi connectivity index (χ0v) is 16.1. The van der Waals surface area contributed by atoms with Gasteiger partial charge in [-0.15, -0.1) is 0 Å². The van der Waals surface area contributed by atoms with Crippen molar-refractivity contribution in [2.24, 2.45) is 0 Å². The highest BCUT2D eigenvalue weighted by Gasteiger charge is 2.47. The Morgan fingerprint density at radius 2 is 1.44 bits per heavy atom. The first-order valence-electron chi connectivity index (χ1n) is 10.3. The molecule has 0 radical (unpaired) electrons. The molecule has 2 aliphatic carbocycles. The number of benzene rings is 1. The first-order chi connectivity index (χ1) is 12.9. The van der Waals surface area contributed by atoms with Gasteiger partial charge in [-0.05, 0) is 62.6 Å². The van der Waals surface area contributed by atoms with Crippen molar-refractivity contribution in [1.82, 2.24) is 0 Å². The third-order valence-corrected chi connectivity index (χ3v) is 6.41. The zero-order chi connectivity index (χ0) is 19.5. The highest BCUT2D eigenvalue weighted by molar-refractivity contribution is 5.84. The fourth-order valence-corrected chi connectivity index (χ4v) is 4.95. The standard InChI is InChI=1S/C22H29F3O2/c1-2-9-21(10-5-3-6-11-21)27-20(26)22(12-7-4-8-13-22)16-14-17(23)19(25)18(24)15-16/h14-15H,2-13H2,1H3. The van der Waals surface area contributed by atoms with E-state index in [1.165, 1.54) is 0 Å². The minimum atomic E-state index is -1.49. The predicted octanol–water partition coefficient (Wildman–Crippen LogP) is 6.35. The Bertz CT molecular complexity index is 646. The lowest BCUT2D eigenvalue weighted by molar-refractivity contribution is -0.173. The Morgan fingerprint density at radius 1 is 0.926 bits per heavy atom. The predicted molar refractivity (Wildman–Crippen MR) is 97.9 cm³/mol. The quantitative estimate of drug-likeness (QED) is 0.438. The first-order valence-corrected chi connectivity index (χ1v) is 10.3. The molecule has 0 aliphatic heterocycles. The van der Waals surface area contributed by atoms with Crippen LogP contribution in [0, 0.1) is 17.5 Å². The summed E-state index contributed by atoms with van der Waals surface area (Å²) in [6, 6.07) is 1.97. The molecular weight excluding hydrogens is 353 g/mol. The maximum atomic E-state index is 13.9. The summed E-state index contributed by atoms with van der Waals surface area (Å²) in [6.45, 7) is 2.07. The molecule has 0 aromatic heterocycles. The van der Waals surface area contributed by atoms with E-state index in [1.807, 2.05) is 0 Å². The van der Waals surface area contributed by atoms with Gasteiger partial charge < -0.3 is 4.74 Å². The summed E-state index contributed by atoms with van der Waals surface area (Å²) in [5.74, 6) is -4.37. The average Bonchev–Trinajstić information content (AvgIpc) is 2.67. The van der Waals surface area contributed by atoms with Gasteiger partial charge in [0.05, 0.1) is 5.41 Å². The number of esters is 1. The van der Waals surface area contributed by atoms with Gasteiger partial charge in [-0.2, -0.15) is 0 Å². The lowest BCUT2D eigenvalue weighted by atomic mass is 9.69. The van der Waals surface area contributed by atoms with E-state index >= 15 is 0 Å². The third kappa shape index (κ3) is 4.02. The van der Waals surface area contributed by atoms with Crippen LogP contribution in [0.5, 0.6) is 0 Å². The van der Waals surface area contributed by atoms with Crippen molar-refractivity contribution in [2.45, 2.75) is 95.0 Å². The van der Waals surface area contributed by atoms with Gasteiger partial charge in [0.2, 0.25) is 0 Å². The number of carbonyl (C=O) groups excluding carboxylic acids is 1. The van der Waals surface area contributed by atoms with Crippen molar-refractivity contribution in [3.05, 3.63) is 35.1 Å². The van der Waals surface area contributed by atoms with Crippen LogP contribution in [0.3, 0.4) is 0 Å². The van der Waals surface area contributed by atoms with E-state index in [4.69, 9.17) is 4.74 Å². The largest absolute Gasteiger partial charge is 0.458 e. The van der Waals surface area contributed by atoms with Crippen LogP contribution in [0.2, 0.25) is 0 Å². The molecule has 0 heterocycles. The van der Waals surface area contributed by atoms with E-state index in [0.29, 0.717) is 12.8 Å². The molecule has 0 atom stereocenters. The summed E-state index contributed by atoms with van der Waals surface area (Å²) in [6.07, 6.45) is 10.1. The van der Waals surface area contributed by atoms with Crippen LogP contribution in [0.15, 0.2) is 12.1 Å². The third-order valence-electron chi connectivity index (χ3n) is 6.41. The van der Waals surface area contributed by atoms with E-state index in [1.54, 1.807) is 0 Å². The summed E-state index contributed by atoms with van der Waals surface area (Å²) in [5.41, 5.74) is -1.33. The number of rotatable bonds is 5. The molecule has 5 heteroatoms. The lowest BCUT2D eigenvalue weighted by Crippen LogP contribution is -2.46. The van der Waals surface area contributed by atoms with Crippen molar-refractivity contribution in [1.29, 1.82) is 0 Å². The van der Waals surface area contributed by atoms with Crippen LogP contribution in [0.1, 0.15) is 89.5 Å². The van der Waals surface area contributed by atoms with E-state index in [9.17, 15) is 18.0 Å². The van der Waals surface area contributed by atoms with Crippen LogP contribution in [-0.4, -0.2) is 11.6 Å². The van der Waals surface area contributed by atoms with Gasteiger partial charge in [0.25, 0.3) is 0 Å². The van der Waals surface area contributed by atoms with E-state index in [2.05, 4.69) is 6.92 Å². The normalized spacial score (nSPS) is 21.6. The van der Waals surface area contributed by atoms with Crippen molar-refractivity contribution < 1.29 is 22.7 Å². The molecule has 2 fully saturated rings. The molecule has 150 valence electrons. The molecule has 0 bridgehead atoms. The molecule has 2 saturated carbocycles. The minimum Gasteiger partial charge on any atom is -0.458 e. The van der Waals surface area contributed by atoms with Crippen LogP contribution in [0.25, 0.3) is 0 Å². The monoisotopic (exact) mass is 382 g/mol. The summed E-state index contributed by atoms with van der Waals surface area (Å²) in [5, 5.41) is 0. The zero-order valence-electron chi connectivity index (χ0n) is 16.1. The lowest BCUT2D eigenvalue weighted by Gasteiger charge is -2.42. The Labute approximate surface area is 159 Å². The fraction of sp³-hybridized carbons (Fsp3) is 0.682. The summed E-state index contributed by atoms with van der Waals surface area (Å²) < 4.78 is 47.5. The average molecular weight is 382 g/mol. The van der Waals surface area contributed by atoms with E-state index in [0.717, 1.165) is 76.3 Å². The van der Waals surface area contributed by atoms with Crippen molar-refractivity contribution >= 4 is 5.97 Å². The van der Waals surface area contributed by atoms with Gasteiger partial charge in [-0.1, -0.05) is 39.0 Å². The molecule has 1 aromatic rings. The highest BCUT2D eigenvalue weighted by Crippen LogP contribution is 2.44. The van der Waals surface area contributed by atoms with Gasteiger partial charge >= 0.3 is 5.97 Å². The summed E-state index contributed by atoms with van der Waals surface area (Å²) in [7, 11) is 0. The number of ether oxygens (including phenoxy) is 1. The number of halogens is 3. The topological polar surface area (TPSA) is 26.3 Å². The van der Waals surface area contributed by atoms with Gasteiger partial charge in [0.15, 0.2) is 17.5 Å². The molecule has 3 rings (SSSR count). The Balaban J connectivity index is 1.95. The van der Waals surface area contributed by atoms with Crippen LogP contribution in [0.4, 0.5) is 13.2 Å². The maximum Gasteiger partial charge on any atom is 0.317 e. The van der Waals surface area contributed by atoms with Crippen LogP contribution >= 0.6 is 0 Å². The molecule has 2 aliphatic rings. The van der Waals surface area contributed by atoms with E-state index in [-0.39, 0.29) is 11.5 Å². The first kappa shape index (κ1) is 20.2. The second kappa shape index (κ2) is 8.24. The Kier molecular flexibility index (Phi) is 6.17. The molecule has 0 saturated heterocycles. The molecular formula is C22H29F3O2. The highest BCUT2D eigenvalue weighted by atomic mass is 19.2. The molecule has 1 aromatic carbocycles. The van der Waals surface area contributed by atoms with Gasteiger partial charge in [-0.3, -0.25) is 4.79 Å². The SMILES string of the molecule is CCCC1(OC(=O)C2(c3cc(F)c(F)c(F)c3)CCCCC2)CCCCC1.